The first-order valence-corrected chi connectivity index (χ1v) is 13.0. The number of fused-ring (bicyclic) bond motifs is 5. The predicted octanol–water partition coefficient (Wildman–Crippen LogP) is 3.24. The molecule has 3 atom stereocenters. The van der Waals surface area contributed by atoms with Gasteiger partial charge in [-0.05, 0) is 36.6 Å². The van der Waals surface area contributed by atoms with Crippen LogP contribution in [0.3, 0.4) is 0 Å². The summed E-state index contributed by atoms with van der Waals surface area (Å²) in [7, 11) is 0. The van der Waals surface area contributed by atoms with Crippen molar-refractivity contribution in [3.63, 3.8) is 0 Å². The zero-order valence-electron chi connectivity index (χ0n) is 22.3. The van der Waals surface area contributed by atoms with Crippen LogP contribution >= 0.6 is 0 Å². The van der Waals surface area contributed by atoms with Crippen LogP contribution in [-0.4, -0.2) is 67.1 Å². The molecular weight excluding hydrogens is 494 g/mol. The van der Waals surface area contributed by atoms with Gasteiger partial charge in [0.2, 0.25) is 0 Å². The van der Waals surface area contributed by atoms with E-state index in [0.717, 1.165) is 16.2 Å². The Morgan fingerprint density at radius 1 is 1.15 bits per heavy atom. The molecule has 2 bridgehead atoms. The zero-order chi connectivity index (χ0) is 27.6. The van der Waals surface area contributed by atoms with Gasteiger partial charge in [-0.25, -0.2) is 14.7 Å². The van der Waals surface area contributed by atoms with E-state index in [0.29, 0.717) is 36.5 Å². The number of likely N-dealkylation sites (tertiary alicyclic amines) is 1. The van der Waals surface area contributed by atoms with Crippen LogP contribution < -0.4 is 4.90 Å². The number of aryl methyl sites for hydroxylation is 1. The van der Waals surface area contributed by atoms with Crippen molar-refractivity contribution in [1.29, 1.82) is 5.26 Å². The lowest BCUT2D eigenvalue weighted by molar-refractivity contribution is -0.121. The molecule has 4 amide bonds. The lowest BCUT2D eigenvalue weighted by Gasteiger charge is -2.34. The number of rotatable bonds is 4. The SMILES string of the molecule is Cc1cc(N2C(=O)[C@@H]3C4C[C@H](CN4C(=O)c4cc(C(C)(C)C)nn4Cc4ccccc4)N3C2=O)cnc1C#N. The molecule has 3 fully saturated rings. The number of anilines is 1. The second kappa shape index (κ2) is 8.76. The molecule has 5 heterocycles. The number of nitrogens with zero attached hydrogens (tertiary/aromatic N) is 7. The maximum absolute atomic E-state index is 14.0. The largest absolute Gasteiger partial charge is 0.332 e. The highest BCUT2D eigenvalue weighted by Gasteiger charge is 2.63. The molecule has 39 heavy (non-hydrogen) atoms. The highest BCUT2D eigenvalue weighted by molar-refractivity contribution is 6.22. The molecule has 0 saturated carbocycles. The van der Waals surface area contributed by atoms with E-state index in [2.05, 4.69) is 25.8 Å². The second-order valence-electron chi connectivity index (χ2n) is 11.5. The molecule has 1 unspecified atom stereocenters. The maximum atomic E-state index is 14.0. The van der Waals surface area contributed by atoms with E-state index in [4.69, 9.17) is 5.10 Å². The molecule has 10 heteroatoms. The number of urea groups is 1. The molecule has 198 valence electrons. The second-order valence-corrected chi connectivity index (χ2v) is 11.5. The normalized spacial score (nSPS) is 22.0. The van der Waals surface area contributed by atoms with Crippen LogP contribution in [0.2, 0.25) is 0 Å². The Labute approximate surface area is 226 Å². The maximum Gasteiger partial charge on any atom is 0.332 e. The molecule has 3 aliphatic rings. The van der Waals surface area contributed by atoms with Crippen LogP contribution in [0.25, 0.3) is 0 Å². The number of carbonyl (C=O) groups excluding carboxylic acids is 3. The number of hydrogen-bond acceptors (Lipinski definition) is 6. The number of imide groups is 1. The molecule has 0 radical (unpaired) electrons. The van der Waals surface area contributed by atoms with Crippen LogP contribution in [-0.2, 0) is 16.8 Å². The summed E-state index contributed by atoms with van der Waals surface area (Å²) in [5, 5.41) is 14.0. The Hall–Kier alpha value is -4.52. The molecule has 3 aromatic rings. The Morgan fingerprint density at radius 2 is 1.90 bits per heavy atom. The standard InChI is InChI=1S/C29H29N7O3/c1-17-10-19(14-31-21(17)13-30)36-27(38)25-22-11-20(35(25)28(36)39)16-33(22)26(37)23-12-24(29(2,3)4)32-34(23)15-18-8-6-5-7-9-18/h5-10,12,14,20,22,25H,11,15-16H2,1-4H3/t20-,22?,25+/m1/s1. The molecule has 0 spiro atoms. The van der Waals surface area contributed by atoms with Gasteiger partial charge in [-0.2, -0.15) is 10.4 Å². The number of amides is 4. The summed E-state index contributed by atoms with van der Waals surface area (Å²) >= 11 is 0. The van der Waals surface area contributed by atoms with Crippen LogP contribution in [0.1, 0.15) is 60.2 Å². The van der Waals surface area contributed by atoms with E-state index >= 15 is 0 Å². The van der Waals surface area contributed by atoms with Crippen molar-refractivity contribution in [2.45, 2.75) is 64.2 Å². The number of benzene rings is 1. The highest BCUT2D eigenvalue weighted by Crippen LogP contribution is 2.43. The number of carbonyl (C=O) groups is 3. The van der Waals surface area contributed by atoms with Crippen molar-refractivity contribution in [3.8, 4) is 6.07 Å². The first-order valence-electron chi connectivity index (χ1n) is 13.0. The lowest BCUT2D eigenvalue weighted by atomic mass is 9.92. The average Bonchev–Trinajstić information content (AvgIpc) is 3.66. The third-order valence-electron chi connectivity index (χ3n) is 7.90. The van der Waals surface area contributed by atoms with Gasteiger partial charge in [-0.1, -0.05) is 51.1 Å². The Balaban J connectivity index is 1.30. The van der Waals surface area contributed by atoms with Gasteiger partial charge in [-0.3, -0.25) is 14.3 Å². The van der Waals surface area contributed by atoms with Gasteiger partial charge in [0, 0.05) is 12.0 Å². The number of piperazine rings is 1. The molecule has 3 aliphatic heterocycles. The lowest BCUT2D eigenvalue weighted by Crippen LogP contribution is -2.55. The van der Waals surface area contributed by atoms with Crippen molar-refractivity contribution < 1.29 is 14.4 Å². The Kier molecular flexibility index (Phi) is 5.57. The first kappa shape index (κ1) is 24.8. The van der Waals surface area contributed by atoms with E-state index < -0.39 is 18.1 Å². The van der Waals surface area contributed by atoms with Crippen molar-refractivity contribution >= 4 is 23.5 Å². The zero-order valence-corrected chi connectivity index (χ0v) is 22.3. The minimum absolute atomic E-state index is 0.185. The third kappa shape index (κ3) is 3.88. The van der Waals surface area contributed by atoms with Crippen molar-refractivity contribution in [1.82, 2.24) is 24.6 Å². The van der Waals surface area contributed by atoms with Gasteiger partial charge in [-0.15, -0.1) is 0 Å². The number of nitriles is 1. The monoisotopic (exact) mass is 523 g/mol. The van der Waals surface area contributed by atoms with E-state index in [1.54, 1.807) is 27.5 Å². The summed E-state index contributed by atoms with van der Waals surface area (Å²) in [5.74, 6) is -0.556. The molecule has 1 aromatic carbocycles. The minimum Gasteiger partial charge on any atom is -0.330 e. The molecule has 2 aromatic heterocycles. The van der Waals surface area contributed by atoms with E-state index in [1.165, 1.54) is 6.20 Å². The summed E-state index contributed by atoms with van der Waals surface area (Å²) < 4.78 is 1.75. The smallest absolute Gasteiger partial charge is 0.330 e. The van der Waals surface area contributed by atoms with Crippen LogP contribution in [0, 0.1) is 18.3 Å². The van der Waals surface area contributed by atoms with E-state index in [1.807, 2.05) is 42.5 Å². The van der Waals surface area contributed by atoms with Crippen molar-refractivity contribution in [2.24, 2.45) is 0 Å². The van der Waals surface area contributed by atoms with Crippen molar-refractivity contribution in [3.05, 3.63) is 76.9 Å². The van der Waals surface area contributed by atoms with Gasteiger partial charge in [0.25, 0.3) is 11.8 Å². The van der Waals surface area contributed by atoms with Crippen LogP contribution in [0.5, 0.6) is 0 Å². The summed E-state index contributed by atoms with van der Waals surface area (Å²) in [6.07, 6.45) is 1.94. The summed E-state index contributed by atoms with van der Waals surface area (Å²) in [4.78, 5) is 49.6. The topological polar surface area (TPSA) is 115 Å². The fourth-order valence-electron chi connectivity index (χ4n) is 5.91. The highest BCUT2D eigenvalue weighted by atomic mass is 16.2. The average molecular weight is 524 g/mol. The number of pyridine rings is 1. The van der Waals surface area contributed by atoms with Crippen molar-refractivity contribution in [2.75, 3.05) is 11.4 Å². The van der Waals surface area contributed by atoms with Gasteiger partial charge in [0.1, 0.15) is 23.5 Å². The van der Waals surface area contributed by atoms with E-state index in [-0.39, 0.29) is 29.0 Å². The fraction of sp³-hybridized carbons (Fsp3) is 0.379. The predicted molar refractivity (Wildman–Crippen MR) is 142 cm³/mol. The number of hydrogen-bond donors (Lipinski definition) is 0. The van der Waals surface area contributed by atoms with Crippen LogP contribution in [0.4, 0.5) is 10.5 Å². The molecule has 0 aliphatic carbocycles. The molecule has 10 nitrogen and oxygen atoms in total. The van der Waals surface area contributed by atoms with Gasteiger partial charge < -0.3 is 9.80 Å². The summed E-state index contributed by atoms with van der Waals surface area (Å²) in [6, 6.07) is 13.5. The molecule has 0 N–H and O–H groups in total. The fourth-order valence-corrected chi connectivity index (χ4v) is 5.91. The summed E-state index contributed by atoms with van der Waals surface area (Å²) in [6.45, 7) is 8.70. The number of aromatic nitrogens is 3. The Bertz CT molecular complexity index is 1550. The van der Waals surface area contributed by atoms with Gasteiger partial charge in [0.15, 0.2) is 0 Å². The molecular formula is C29H29N7O3. The van der Waals surface area contributed by atoms with Gasteiger partial charge >= 0.3 is 6.03 Å². The quantitative estimate of drug-likeness (QED) is 0.485. The first-order chi connectivity index (χ1) is 18.6. The summed E-state index contributed by atoms with van der Waals surface area (Å²) in [5.41, 5.74) is 3.24. The van der Waals surface area contributed by atoms with Gasteiger partial charge in [0.05, 0.1) is 36.2 Å². The molecule has 3 saturated heterocycles. The molecule has 6 rings (SSSR count). The van der Waals surface area contributed by atoms with Crippen LogP contribution in [0.15, 0.2) is 48.7 Å². The minimum atomic E-state index is -0.747. The van der Waals surface area contributed by atoms with E-state index in [9.17, 15) is 19.6 Å². The third-order valence-corrected chi connectivity index (χ3v) is 7.90. The Morgan fingerprint density at radius 3 is 2.56 bits per heavy atom.